The average Bonchev–Trinajstić information content (AvgIpc) is 3.40. The van der Waals surface area contributed by atoms with Crippen LogP contribution in [0.1, 0.15) is 36.0 Å². The Morgan fingerprint density at radius 3 is 2.93 bits per heavy atom. The molecule has 6 nitrogen and oxygen atoms in total. The Morgan fingerprint density at radius 1 is 1.32 bits per heavy atom. The van der Waals surface area contributed by atoms with Gasteiger partial charge in [-0.25, -0.2) is 0 Å². The van der Waals surface area contributed by atoms with Gasteiger partial charge in [0.15, 0.2) is 0 Å². The number of piperidine rings is 1. The van der Waals surface area contributed by atoms with Gasteiger partial charge in [0.25, 0.3) is 5.91 Å². The molecule has 0 saturated carbocycles. The van der Waals surface area contributed by atoms with Gasteiger partial charge >= 0.3 is 0 Å². The molecule has 0 aliphatic carbocycles. The van der Waals surface area contributed by atoms with E-state index in [4.69, 9.17) is 9.26 Å². The third kappa shape index (κ3) is 4.25. The molecule has 3 aromatic rings. The molecule has 1 amide bonds. The van der Waals surface area contributed by atoms with Crippen molar-refractivity contribution >= 4 is 17.2 Å². The normalized spacial score (nSPS) is 16.9. The van der Waals surface area contributed by atoms with E-state index in [1.807, 2.05) is 52.9 Å². The van der Waals surface area contributed by atoms with Crippen molar-refractivity contribution in [2.75, 3.05) is 19.7 Å². The summed E-state index contributed by atoms with van der Waals surface area (Å²) >= 11 is 1.61. The van der Waals surface area contributed by atoms with Gasteiger partial charge in [0.05, 0.1) is 6.61 Å². The van der Waals surface area contributed by atoms with Gasteiger partial charge in [-0.05, 0) is 61.4 Å². The quantitative estimate of drug-likeness (QED) is 0.621. The molecule has 28 heavy (non-hydrogen) atoms. The summed E-state index contributed by atoms with van der Waals surface area (Å²) in [5, 5.41) is 8.08. The zero-order chi connectivity index (χ0) is 19.3. The summed E-state index contributed by atoms with van der Waals surface area (Å²) in [7, 11) is 0. The Morgan fingerprint density at radius 2 is 2.18 bits per heavy atom. The highest BCUT2D eigenvalue weighted by atomic mass is 32.1. The molecular weight excluding hydrogens is 374 g/mol. The van der Waals surface area contributed by atoms with Crippen LogP contribution in [-0.2, 0) is 6.42 Å². The van der Waals surface area contributed by atoms with E-state index in [9.17, 15) is 4.79 Å². The molecule has 0 bridgehead atoms. The van der Waals surface area contributed by atoms with Crippen molar-refractivity contribution in [1.29, 1.82) is 0 Å². The van der Waals surface area contributed by atoms with E-state index in [0.29, 0.717) is 42.8 Å². The van der Waals surface area contributed by atoms with E-state index in [1.165, 1.54) is 0 Å². The number of hydrogen-bond donors (Lipinski definition) is 0. The van der Waals surface area contributed by atoms with Gasteiger partial charge in [0.1, 0.15) is 5.75 Å². The van der Waals surface area contributed by atoms with E-state index in [1.54, 1.807) is 11.3 Å². The number of likely N-dealkylation sites (tertiary alicyclic amines) is 1. The first kappa shape index (κ1) is 18.7. The molecule has 1 atom stereocenters. The molecule has 0 N–H and O–H groups in total. The van der Waals surface area contributed by atoms with Crippen molar-refractivity contribution in [3.8, 4) is 17.1 Å². The summed E-state index contributed by atoms with van der Waals surface area (Å²) < 4.78 is 10.9. The summed E-state index contributed by atoms with van der Waals surface area (Å²) in [6.07, 6.45) is 2.74. The summed E-state index contributed by atoms with van der Waals surface area (Å²) in [5.74, 6) is 2.46. The first-order chi connectivity index (χ1) is 13.7. The second kappa shape index (κ2) is 8.56. The third-order valence-corrected chi connectivity index (χ3v) is 5.61. The fourth-order valence-electron chi connectivity index (χ4n) is 3.55. The van der Waals surface area contributed by atoms with E-state index < -0.39 is 0 Å². The molecule has 1 unspecified atom stereocenters. The maximum absolute atomic E-state index is 12.9. The Bertz CT molecular complexity index is 905. The van der Waals surface area contributed by atoms with E-state index in [2.05, 4.69) is 10.1 Å². The molecule has 1 aliphatic heterocycles. The number of carbonyl (C=O) groups excluding carboxylic acids is 1. The lowest BCUT2D eigenvalue weighted by Crippen LogP contribution is -2.40. The van der Waals surface area contributed by atoms with Crippen molar-refractivity contribution in [3.05, 3.63) is 52.5 Å². The lowest BCUT2D eigenvalue weighted by Gasteiger charge is -2.32. The second-order valence-corrected chi connectivity index (χ2v) is 7.72. The largest absolute Gasteiger partial charge is 0.494 e. The highest BCUT2D eigenvalue weighted by Crippen LogP contribution is 2.24. The van der Waals surface area contributed by atoms with Crippen LogP contribution in [0.25, 0.3) is 11.4 Å². The molecule has 1 fully saturated rings. The zero-order valence-electron chi connectivity index (χ0n) is 15.8. The Kier molecular flexibility index (Phi) is 5.71. The fourth-order valence-corrected chi connectivity index (χ4v) is 4.19. The maximum atomic E-state index is 12.9. The molecule has 0 spiro atoms. The van der Waals surface area contributed by atoms with Crippen LogP contribution < -0.4 is 4.74 Å². The van der Waals surface area contributed by atoms with Crippen LogP contribution in [0, 0.1) is 5.92 Å². The Balaban J connectivity index is 1.38. The number of amides is 1. The smallest absolute Gasteiger partial charge is 0.253 e. The van der Waals surface area contributed by atoms with Crippen LogP contribution in [0.15, 0.2) is 45.6 Å². The fraction of sp³-hybridized carbons (Fsp3) is 0.381. The van der Waals surface area contributed by atoms with E-state index in [0.717, 1.165) is 30.7 Å². The lowest BCUT2D eigenvalue weighted by molar-refractivity contribution is 0.0668. The third-order valence-electron chi connectivity index (χ3n) is 4.93. The highest BCUT2D eigenvalue weighted by Gasteiger charge is 2.26. The summed E-state index contributed by atoms with van der Waals surface area (Å²) in [6.45, 7) is 4.05. The first-order valence-electron chi connectivity index (χ1n) is 9.60. The molecule has 0 radical (unpaired) electrons. The van der Waals surface area contributed by atoms with Gasteiger partial charge in [0, 0.05) is 36.0 Å². The van der Waals surface area contributed by atoms with Crippen LogP contribution in [0.4, 0.5) is 0 Å². The number of thiophene rings is 1. The van der Waals surface area contributed by atoms with Crippen molar-refractivity contribution in [1.82, 2.24) is 15.0 Å². The molecular formula is C21H23N3O3S. The number of ether oxygens (including phenoxy) is 1. The van der Waals surface area contributed by atoms with Crippen LogP contribution in [0.3, 0.4) is 0 Å². The first-order valence-corrected chi connectivity index (χ1v) is 10.5. The number of rotatable bonds is 6. The number of benzene rings is 1. The highest BCUT2D eigenvalue weighted by molar-refractivity contribution is 7.08. The second-order valence-electron chi connectivity index (χ2n) is 6.94. The van der Waals surface area contributed by atoms with Crippen LogP contribution >= 0.6 is 11.3 Å². The summed E-state index contributed by atoms with van der Waals surface area (Å²) in [5.41, 5.74) is 1.68. The molecule has 146 valence electrons. The van der Waals surface area contributed by atoms with Crippen molar-refractivity contribution in [3.63, 3.8) is 0 Å². The topological polar surface area (TPSA) is 68.5 Å². The van der Waals surface area contributed by atoms with Gasteiger partial charge in [-0.1, -0.05) is 5.16 Å². The number of carbonyl (C=O) groups is 1. The lowest BCUT2D eigenvalue weighted by atomic mass is 9.94. The predicted octanol–water partition coefficient (Wildman–Crippen LogP) is 4.29. The minimum absolute atomic E-state index is 0.0669. The number of hydrogen-bond acceptors (Lipinski definition) is 6. The maximum Gasteiger partial charge on any atom is 0.253 e. The zero-order valence-corrected chi connectivity index (χ0v) is 16.7. The minimum atomic E-state index is 0.0669. The van der Waals surface area contributed by atoms with Gasteiger partial charge in [-0.15, -0.1) is 0 Å². The predicted molar refractivity (Wildman–Crippen MR) is 108 cm³/mol. The monoisotopic (exact) mass is 397 g/mol. The van der Waals surface area contributed by atoms with E-state index in [-0.39, 0.29) is 5.91 Å². The molecule has 4 rings (SSSR count). The minimum Gasteiger partial charge on any atom is -0.494 e. The van der Waals surface area contributed by atoms with Gasteiger partial charge < -0.3 is 14.2 Å². The molecule has 1 aliphatic rings. The standard InChI is InChI=1S/C21H23N3O3S/c1-2-26-18-7-5-16(6-8-18)21(25)24-10-3-4-15(13-24)12-19-22-20(23-27-19)17-9-11-28-14-17/h5-9,11,14-15H,2-4,10,12-13H2,1H3. The van der Waals surface area contributed by atoms with Crippen molar-refractivity contribution < 1.29 is 14.1 Å². The van der Waals surface area contributed by atoms with Gasteiger partial charge in [0.2, 0.25) is 11.7 Å². The average molecular weight is 398 g/mol. The van der Waals surface area contributed by atoms with Crippen LogP contribution in [0.2, 0.25) is 0 Å². The SMILES string of the molecule is CCOc1ccc(C(=O)N2CCCC(Cc3nc(-c4ccsc4)no3)C2)cc1. The Labute approximate surface area is 168 Å². The molecule has 1 aromatic carbocycles. The Hall–Kier alpha value is -2.67. The number of nitrogens with zero attached hydrogens (tertiary/aromatic N) is 3. The molecule has 7 heteroatoms. The van der Waals surface area contributed by atoms with Crippen LogP contribution in [-0.4, -0.2) is 40.6 Å². The number of aromatic nitrogens is 2. The summed E-state index contributed by atoms with van der Waals surface area (Å²) in [4.78, 5) is 19.3. The van der Waals surface area contributed by atoms with Crippen molar-refractivity contribution in [2.24, 2.45) is 5.92 Å². The molecule has 2 aromatic heterocycles. The van der Waals surface area contributed by atoms with Gasteiger partial charge in [-0.2, -0.15) is 16.3 Å². The molecule has 3 heterocycles. The van der Waals surface area contributed by atoms with Crippen molar-refractivity contribution in [2.45, 2.75) is 26.2 Å². The summed E-state index contributed by atoms with van der Waals surface area (Å²) in [6, 6.07) is 9.35. The van der Waals surface area contributed by atoms with Gasteiger partial charge in [-0.3, -0.25) is 4.79 Å². The van der Waals surface area contributed by atoms with E-state index >= 15 is 0 Å². The molecule has 1 saturated heterocycles. The van der Waals surface area contributed by atoms with Crippen LogP contribution in [0.5, 0.6) is 5.75 Å².